The highest BCUT2D eigenvalue weighted by atomic mass is 35.5. The number of rotatable bonds is 4. The Morgan fingerprint density at radius 2 is 1.71 bits per heavy atom. The smallest absolute Gasteiger partial charge is 0.351 e. The van der Waals surface area contributed by atoms with Gasteiger partial charge in [-0.1, -0.05) is 41.9 Å². The molecule has 0 aliphatic rings. The number of fused-ring (bicyclic) bond motifs is 1. The molecule has 0 spiro atoms. The van der Waals surface area contributed by atoms with E-state index in [-0.39, 0.29) is 16.1 Å². The van der Waals surface area contributed by atoms with Crippen molar-refractivity contribution in [1.82, 2.24) is 0 Å². The third-order valence-corrected chi connectivity index (χ3v) is 3.70. The summed E-state index contributed by atoms with van der Waals surface area (Å²) in [5.41, 5.74) is -0.465. The van der Waals surface area contributed by atoms with Crippen LogP contribution in [0, 0.1) is 0 Å². The number of ketones is 1. The number of para-hydroxylation sites is 1. The van der Waals surface area contributed by atoms with E-state index < -0.39 is 24.0 Å². The number of hydrogen-bond donors (Lipinski definition) is 0. The number of benzene rings is 2. The summed E-state index contributed by atoms with van der Waals surface area (Å²) in [6.45, 7) is -0.519. The number of halogens is 1. The Bertz CT molecular complexity index is 990. The van der Waals surface area contributed by atoms with Gasteiger partial charge in [-0.3, -0.25) is 4.79 Å². The van der Waals surface area contributed by atoms with Gasteiger partial charge in [-0.25, -0.2) is 9.59 Å². The van der Waals surface area contributed by atoms with E-state index in [1.807, 2.05) is 0 Å². The summed E-state index contributed by atoms with van der Waals surface area (Å²) in [5, 5.41) is 0.852. The van der Waals surface area contributed by atoms with Gasteiger partial charge in [-0.2, -0.15) is 0 Å². The van der Waals surface area contributed by atoms with Crippen LogP contribution in [-0.4, -0.2) is 18.4 Å². The standard InChI is InChI=1S/C18H11ClO5/c19-14-7-3-2-6-12(14)15(20)10-23-17(21)13-9-11-5-1-4-8-16(11)24-18(13)22/h1-9H,10H2. The fraction of sp³-hybridized carbons (Fsp3) is 0.0556. The summed E-state index contributed by atoms with van der Waals surface area (Å²) in [4.78, 5) is 36.0. The first-order chi connectivity index (χ1) is 11.6. The second-order valence-corrected chi connectivity index (χ2v) is 5.37. The molecule has 0 aliphatic carbocycles. The first-order valence-corrected chi connectivity index (χ1v) is 7.42. The second-order valence-electron chi connectivity index (χ2n) is 4.96. The van der Waals surface area contributed by atoms with E-state index in [0.29, 0.717) is 11.0 Å². The van der Waals surface area contributed by atoms with Gasteiger partial charge >= 0.3 is 11.6 Å². The third-order valence-electron chi connectivity index (χ3n) is 3.37. The molecule has 0 bridgehead atoms. The minimum Gasteiger partial charge on any atom is -0.453 e. The van der Waals surface area contributed by atoms with Gasteiger partial charge in [0.1, 0.15) is 11.1 Å². The Balaban J connectivity index is 1.78. The first-order valence-electron chi connectivity index (χ1n) is 7.04. The van der Waals surface area contributed by atoms with E-state index in [0.717, 1.165) is 0 Å². The molecular weight excluding hydrogens is 332 g/mol. The molecule has 3 rings (SSSR count). The molecule has 120 valence electrons. The van der Waals surface area contributed by atoms with Gasteiger partial charge < -0.3 is 9.15 Å². The topological polar surface area (TPSA) is 73.6 Å². The van der Waals surface area contributed by atoms with Crippen molar-refractivity contribution in [1.29, 1.82) is 0 Å². The molecule has 0 fully saturated rings. The van der Waals surface area contributed by atoms with Crippen molar-refractivity contribution in [3.63, 3.8) is 0 Å². The van der Waals surface area contributed by atoms with Crippen molar-refractivity contribution in [2.24, 2.45) is 0 Å². The van der Waals surface area contributed by atoms with Crippen LogP contribution in [0.25, 0.3) is 11.0 Å². The maximum Gasteiger partial charge on any atom is 0.351 e. The predicted molar refractivity (Wildman–Crippen MR) is 88.5 cm³/mol. The van der Waals surface area contributed by atoms with E-state index in [1.54, 1.807) is 42.5 Å². The summed E-state index contributed by atoms with van der Waals surface area (Å²) in [6.07, 6.45) is 0. The number of esters is 1. The zero-order chi connectivity index (χ0) is 17.1. The van der Waals surface area contributed by atoms with E-state index >= 15 is 0 Å². The van der Waals surface area contributed by atoms with Crippen LogP contribution in [0.4, 0.5) is 0 Å². The van der Waals surface area contributed by atoms with E-state index in [1.165, 1.54) is 12.1 Å². The van der Waals surface area contributed by atoms with Crippen LogP contribution in [0.2, 0.25) is 5.02 Å². The van der Waals surface area contributed by atoms with Gasteiger partial charge in [0.05, 0.1) is 5.02 Å². The lowest BCUT2D eigenvalue weighted by Crippen LogP contribution is -2.20. The van der Waals surface area contributed by atoms with Gasteiger partial charge in [0.2, 0.25) is 5.78 Å². The summed E-state index contributed by atoms with van der Waals surface area (Å²) in [6, 6.07) is 14.6. The van der Waals surface area contributed by atoms with Gasteiger partial charge in [-0.15, -0.1) is 0 Å². The number of hydrogen-bond acceptors (Lipinski definition) is 5. The summed E-state index contributed by atoms with van der Waals surface area (Å²) < 4.78 is 9.98. The van der Waals surface area contributed by atoms with Gasteiger partial charge in [0.25, 0.3) is 0 Å². The Labute approximate surface area is 141 Å². The zero-order valence-corrected chi connectivity index (χ0v) is 13.1. The largest absolute Gasteiger partial charge is 0.453 e. The minimum atomic E-state index is -0.921. The summed E-state index contributed by atoms with van der Waals surface area (Å²) in [7, 11) is 0. The first kappa shape index (κ1) is 16.0. The molecule has 0 amide bonds. The van der Waals surface area contributed by atoms with Crippen LogP contribution in [0.5, 0.6) is 0 Å². The SMILES string of the molecule is O=C(COC(=O)c1cc2ccccc2oc1=O)c1ccccc1Cl. The molecule has 0 N–H and O–H groups in total. The normalized spacial score (nSPS) is 10.5. The monoisotopic (exact) mass is 342 g/mol. The molecule has 1 aromatic heterocycles. The molecule has 0 unspecified atom stereocenters. The van der Waals surface area contributed by atoms with Gasteiger partial charge in [0.15, 0.2) is 6.61 Å². The quantitative estimate of drug-likeness (QED) is 0.412. The van der Waals surface area contributed by atoms with Crippen LogP contribution in [-0.2, 0) is 4.74 Å². The highest BCUT2D eigenvalue weighted by Gasteiger charge is 2.18. The van der Waals surface area contributed by atoms with Crippen molar-refractivity contribution >= 4 is 34.3 Å². The highest BCUT2D eigenvalue weighted by Crippen LogP contribution is 2.16. The lowest BCUT2D eigenvalue weighted by atomic mass is 10.1. The molecular formula is C18H11ClO5. The maximum absolute atomic E-state index is 12.1. The summed E-state index contributed by atoms with van der Waals surface area (Å²) in [5.74, 6) is -1.38. The van der Waals surface area contributed by atoms with Gasteiger partial charge in [0, 0.05) is 10.9 Å². The third kappa shape index (κ3) is 3.21. The van der Waals surface area contributed by atoms with Crippen LogP contribution in [0.1, 0.15) is 20.7 Å². The number of ether oxygens (including phenoxy) is 1. The number of carbonyl (C=O) groups is 2. The number of carbonyl (C=O) groups excluding carboxylic acids is 2. The van der Waals surface area contributed by atoms with Gasteiger partial charge in [-0.05, 0) is 24.3 Å². The Morgan fingerprint density at radius 1 is 1.00 bits per heavy atom. The molecule has 1 heterocycles. The average molecular weight is 343 g/mol. The molecule has 2 aromatic carbocycles. The van der Waals surface area contributed by atoms with Crippen LogP contribution < -0.4 is 5.63 Å². The Hall–Kier alpha value is -2.92. The summed E-state index contributed by atoms with van der Waals surface area (Å²) >= 11 is 5.92. The molecule has 24 heavy (non-hydrogen) atoms. The zero-order valence-electron chi connectivity index (χ0n) is 12.3. The Morgan fingerprint density at radius 3 is 2.50 bits per heavy atom. The lowest BCUT2D eigenvalue weighted by Gasteiger charge is -2.05. The van der Waals surface area contributed by atoms with Crippen molar-refractivity contribution < 1.29 is 18.7 Å². The van der Waals surface area contributed by atoms with Crippen molar-refractivity contribution in [3.8, 4) is 0 Å². The Kier molecular flexibility index (Phi) is 4.44. The molecule has 3 aromatic rings. The van der Waals surface area contributed by atoms with Crippen LogP contribution >= 0.6 is 11.6 Å². The van der Waals surface area contributed by atoms with E-state index in [9.17, 15) is 14.4 Å². The number of Topliss-reactive ketones (excluding diaryl/α,β-unsaturated/α-hetero) is 1. The molecule has 0 radical (unpaired) electrons. The lowest BCUT2D eigenvalue weighted by molar-refractivity contribution is 0.0471. The average Bonchev–Trinajstić information content (AvgIpc) is 2.59. The molecule has 0 saturated heterocycles. The molecule has 0 aliphatic heterocycles. The van der Waals surface area contributed by atoms with E-state index in [2.05, 4.69) is 0 Å². The minimum absolute atomic E-state index is 0.248. The molecule has 0 saturated carbocycles. The highest BCUT2D eigenvalue weighted by molar-refractivity contribution is 6.34. The molecule has 0 atom stereocenters. The second kappa shape index (κ2) is 6.68. The molecule has 6 heteroatoms. The van der Waals surface area contributed by atoms with E-state index in [4.69, 9.17) is 20.8 Å². The maximum atomic E-state index is 12.1. The fourth-order valence-electron chi connectivity index (χ4n) is 2.18. The van der Waals surface area contributed by atoms with Crippen molar-refractivity contribution in [3.05, 3.63) is 81.2 Å². The van der Waals surface area contributed by atoms with Crippen molar-refractivity contribution in [2.45, 2.75) is 0 Å². The molecule has 5 nitrogen and oxygen atoms in total. The predicted octanol–water partition coefficient (Wildman–Crippen LogP) is 3.49. The van der Waals surface area contributed by atoms with Crippen molar-refractivity contribution in [2.75, 3.05) is 6.61 Å². The van der Waals surface area contributed by atoms with Crippen LogP contribution in [0.3, 0.4) is 0 Å². The fourth-order valence-corrected chi connectivity index (χ4v) is 2.42. The van der Waals surface area contributed by atoms with Crippen LogP contribution in [0.15, 0.2) is 63.8 Å².